The maximum atomic E-state index is 9.67. The van der Waals surface area contributed by atoms with Gasteiger partial charge in [-0.25, -0.2) is 0 Å². The first-order valence-corrected chi connectivity index (χ1v) is 26.9. The summed E-state index contributed by atoms with van der Waals surface area (Å²) in [4.78, 5) is 0. The number of aryl methyl sites for hydroxylation is 4. The maximum absolute atomic E-state index is 9.67. The van der Waals surface area contributed by atoms with Gasteiger partial charge in [-0.3, -0.25) is 0 Å². The Hall–Kier alpha value is -7.00. The van der Waals surface area contributed by atoms with E-state index in [2.05, 4.69) is 88.4 Å². The minimum atomic E-state index is 0.0168. The normalized spacial score (nSPS) is 11.8. The summed E-state index contributed by atoms with van der Waals surface area (Å²) in [5, 5.41) is 38.7. The summed E-state index contributed by atoms with van der Waals surface area (Å²) in [6, 6.07) is 29.6. The summed E-state index contributed by atoms with van der Waals surface area (Å²) >= 11 is 0. The fraction of sp³-hybridized carbons (Fsp3) is 0.438. The number of hydrogen-bond donors (Lipinski definition) is 0. The summed E-state index contributed by atoms with van der Waals surface area (Å²) in [5.41, 5.74) is 10.5. The lowest BCUT2D eigenvalue weighted by atomic mass is 9.90. The van der Waals surface area contributed by atoms with Crippen LogP contribution in [0.4, 0.5) is 0 Å². The lowest BCUT2D eigenvalue weighted by Crippen LogP contribution is -2.03. The third-order valence-corrected chi connectivity index (χ3v) is 13.1. The van der Waals surface area contributed by atoms with E-state index in [1.165, 1.54) is 33.4 Å². The van der Waals surface area contributed by atoms with Crippen LogP contribution in [0.25, 0.3) is 36.5 Å². The molecule has 0 atom stereocenters. The molecule has 0 aliphatic heterocycles. The third-order valence-electron chi connectivity index (χ3n) is 13.1. The van der Waals surface area contributed by atoms with E-state index in [0.29, 0.717) is 60.6 Å². The minimum Gasteiger partial charge on any atom is -0.493 e. The summed E-state index contributed by atoms with van der Waals surface area (Å²) in [6.45, 7) is 11.0. The molecular weight excluding hydrogens is 889 g/mol. The summed E-state index contributed by atoms with van der Waals surface area (Å²) < 4.78 is 25.7. The van der Waals surface area contributed by atoms with Gasteiger partial charge in [-0.2, -0.15) is 21.0 Å². The molecule has 8 heteroatoms. The van der Waals surface area contributed by atoms with Crippen molar-refractivity contribution < 1.29 is 18.9 Å². The number of nitrogens with zero attached hydrogens (tertiary/aromatic N) is 4. The number of ether oxygens (including phenoxy) is 4. The fourth-order valence-corrected chi connectivity index (χ4v) is 8.79. The van der Waals surface area contributed by atoms with Crippen molar-refractivity contribution in [1.29, 1.82) is 21.0 Å². The quantitative estimate of drug-likeness (QED) is 0.0287. The lowest BCUT2D eigenvalue weighted by Gasteiger charge is -2.17. The average molecular weight is 965 g/mol. The Balaban J connectivity index is 1.47. The Morgan fingerprint density at radius 3 is 1.00 bits per heavy atom. The molecule has 4 aliphatic rings. The van der Waals surface area contributed by atoms with Gasteiger partial charge in [-0.05, 0) is 121 Å². The van der Waals surface area contributed by atoms with E-state index in [9.17, 15) is 21.0 Å². The van der Waals surface area contributed by atoms with Gasteiger partial charge in [0.25, 0.3) is 0 Å². The average Bonchev–Trinajstić information content (AvgIpc) is 3.39. The first-order chi connectivity index (χ1) is 35.4. The first kappa shape index (κ1) is 55.9. The molecular formula is C64H76N4O4. The van der Waals surface area contributed by atoms with Crippen molar-refractivity contribution in [3.05, 3.63) is 127 Å². The van der Waals surface area contributed by atoms with Crippen LogP contribution in [0.3, 0.4) is 0 Å². The molecule has 0 spiro atoms. The van der Waals surface area contributed by atoms with Crippen molar-refractivity contribution in [2.45, 2.75) is 156 Å². The van der Waals surface area contributed by atoms with Gasteiger partial charge in [0.15, 0.2) is 0 Å². The fourth-order valence-electron chi connectivity index (χ4n) is 8.79. The van der Waals surface area contributed by atoms with Crippen LogP contribution in [0.5, 0.6) is 23.0 Å². The van der Waals surface area contributed by atoms with Crippen LogP contribution >= 0.6 is 0 Å². The number of allylic oxidation sites excluding steroid dienone is 2. The Morgan fingerprint density at radius 1 is 0.375 bits per heavy atom. The van der Waals surface area contributed by atoms with E-state index < -0.39 is 0 Å². The van der Waals surface area contributed by atoms with Gasteiger partial charge in [-0.15, -0.1) is 0 Å². The Morgan fingerprint density at radius 2 is 0.681 bits per heavy atom. The van der Waals surface area contributed by atoms with Crippen LogP contribution in [0.2, 0.25) is 0 Å². The number of nitriles is 4. The monoisotopic (exact) mass is 965 g/mol. The zero-order valence-electron chi connectivity index (χ0n) is 43.6. The van der Waals surface area contributed by atoms with E-state index in [-0.39, 0.29) is 11.1 Å². The second kappa shape index (κ2) is 32.1. The summed E-state index contributed by atoms with van der Waals surface area (Å²) in [6.07, 6.45) is 32.4. The number of benzene rings is 4. The van der Waals surface area contributed by atoms with E-state index >= 15 is 0 Å². The lowest BCUT2D eigenvalue weighted by molar-refractivity contribution is 0.296. The zero-order chi connectivity index (χ0) is 51.2. The number of rotatable bonds is 30. The Kier molecular flexibility index (Phi) is 24.9. The molecule has 72 heavy (non-hydrogen) atoms. The highest BCUT2D eigenvalue weighted by atomic mass is 16.5. The van der Waals surface area contributed by atoms with Gasteiger partial charge in [0.2, 0.25) is 0 Å². The molecule has 4 aromatic rings. The molecule has 8 rings (SSSR count). The number of hydrogen-bond acceptors (Lipinski definition) is 8. The van der Waals surface area contributed by atoms with Crippen molar-refractivity contribution in [1.82, 2.24) is 0 Å². The largest absolute Gasteiger partial charge is 0.493 e. The second-order valence-electron chi connectivity index (χ2n) is 18.8. The molecule has 4 aromatic carbocycles. The van der Waals surface area contributed by atoms with Crippen molar-refractivity contribution >= 4 is 36.5 Å². The molecule has 8 nitrogen and oxygen atoms in total. The molecule has 0 saturated carbocycles. The predicted molar refractivity (Wildman–Crippen MR) is 295 cm³/mol. The van der Waals surface area contributed by atoms with Gasteiger partial charge in [0.05, 0.1) is 26.4 Å². The van der Waals surface area contributed by atoms with Gasteiger partial charge in [0.1, 0.15) is 58.4 Å². The molecule has 0 N–H and O–H groups in total. The van der Waals surface area contributed by atoms with E-state index in [4.69, 9.17) is 18.9 Å². The highest BCUT2D eigenvalue weighted by Gasteiger charge is 2.16. The van der Waals surface area contributed by atoms with Gasteiger partial charge in [-0.1, -0.05) is 165 Å². The predicted octanol–water partition coefficient (Wildman–Crippen LogP) is 16.6. The zero-order valence-corrected chi connectivity index (χ0v) is 43.6. The van der Waals surface area contributed by atoms with Crippen LogP contribution in [0.1, 0.15) is 186 Å². The molecule has 4 aliphatic carbocycles. The molecule has 0 amide bonds. The van der Waals surface area contributed by atoms with Crippen molar-refractivity contribution in [3.63, 3.8) is 0 Å². The standard InChI is InChI=1S/C64H76N4O4/c1-5-9-13-17-33-69-61-43-59(39-51(45-65)46-66)63(71-35-19-15-11-7-3)41-57(61)31-29-55-37-49-21-25-53(55)27-23-50-22-26-54(28-24-49)56(38-50)30-32-58-42-64(72-36-20-16-12-8-4)60(40-52(47-67)48-68)44-62(58)70-34-18-14-10-6-2/h21-22,25-26,29-32,37-44H,5-20,23-24,27-28,33-36H2,1-4H3/b31-29+,32-30+. The van der Waals surface area contributed by atoms with Crippen molar-refractivity contribution in [2.75, 3.05) is 26.4 Å². The van der Waals surface area contributed by atoms with Crippen LogP contribution in [-0.4, -0.2) is 26.4 Å². The molecule has 0 radical (unpaired) electrons. The Labute approximate surface area is 431 Å². The first-order valence-electron chi connectivity index (χ1n) is 26.9. The SMILES string of the molecule is CCCCCCOc1cc(/C=C/c2cc3ccc2CCc2ccc(c(/C=C/c4cc(OCCCCCC)c(C=C(C#N)C#N)cc4OCCCCCC)c2)CC3)c(OCCCCCC)cc1C=C(C#N)C#N. The van der Waals surface area contributed by atoms with Crippen LogP contribution in [-0.2, 0) is 25.7 Å². The van der Waals surface area contributed by atoms with E-state index in [1.54, 1.807) is 12.2 Å². The molecule has 0 heterocycles. The molecule has 376 valence electrons. The molecule has 0 unspecified atom stereocenters. The van der Waals surface area contributed by atoms with Crippen LogP contribution in [0.15, 0.2) is 71.8 Å². The molecule has 4 bridgehead atoms. The van der Waals surface area contributed by atoms with Crippen LogP contribution < -0.4 is 18.9 Å². The highest BCUT2D eigenvalue weighted by molar-refractivity contribution is 5.80. The summed E-state index contributed by atoms with van der Waals surface area (Å²) in [5.74, 6) is 2.67. The topological polar surface area (TPSA) is 132 Å². The Bertz CT molecular complexity index is 2450. The van der Waals surface area contributed by atoms with E-state index in [0.717, 1.165) is 140 Å². The number of unbranched alkanes of at least 4 members (excludes halogenated alkanes) is 12. The van der Waals surface area contributed by atoms with Crippen molar-refractivity contribution in [2.24, 2.45) is 0 Å². The van der Waals surface area contributed by atoms with Crippen LogP contribution in [0, 0.1) is 45.3 Å². The van der Waals surface area contributed by atoms with Crippen molar-refractivity contribution in [3.8, 4) is 47.3 Å². The van der Waals surface area contributed by atoms with E-state index in [1.807, 2.05) is 48.5 Å². The molecule has 0 saturated heterocycles. The molecule has 0 fully saturated rings. The summed E-state index contributed by atoms with van der Waals surface area (Å²) in [7, 11) is 0. The third kappa shape index (κ3) is 18.3. The smallest absolute Gasteiger partial charge is 0.130 e. The van der Waals surface area contributed by atoms with Gasteiger partial charge < -0.3 is 18.9 Å². The second-order valence-corrected chi connectivity index (χ2v) is 18.8. The maximum Gasteiger partial charge on any atom is 0.130 e. The highest BCUT2D eigenvalue weighted by Crippen LogP contribution is 2.36. The van der Waals surface area contributed by atoms with Gasteiger partial charge in [0, 0.05) is 22.3 Å². The minimum absolute atomic E-state index is 0.0168. The van der Waals surface area contributed by atoms with Gasteiger partial charge >= 0.3 is 0 Å². The molecule has 0 aromatic heterocycles.